The van der Waals surface area contributed by atoms with Crippen molar-refractivity contribution in [3.05, 3.63) is 29.5 Å². The van der Waals surface area contributed by atoms with Gasteiger partial charge in [0.1, 0.15) is 35.1 Å². The number of rotatable bonds is 9. The molecule has 0 radical (unpaired) electrons. The molecule has 2 aromatic heterocycles. The third-order valence-corrected chi connectivity index (χ3v) is 6.34. The number of pyridine rings is 1. The molecule has 0 atom stereocenters. The molecule has 190 valence electrons. The van der Waals surface area contributed by atoms with Crippen LogP contribution in [0.15, 0.2) is 28.9 Å². The van der Waals surface area contributed by atoms with Crippen LogP contribution < -0.4 is 20.1 Å². The van der Waals surface area contributed by atoms with Gasteiger partial charge in [-0.25, -0.2) is 4.98 Å². The summed E-state index contributed by atoms with van der Waals surface area (Å²) >= 11 is 6.84. The van der Waals surface area contributed by atoms with E-state index in [9.17, 15) is 0 Å². The Labute approximate surface area is 212 Å². The van der Waals surface area contributed by atoms with Gasteiger partial charge in [0.15, 0.2) is 0 Å². The first-order valence-corrected chi connectivity index (χ1v) is 12.6. The topological polar surface area (TPSA) is 84.7 Å². The van der Waals surface area contributed by atoms with Crippen LogP contribution in [0.1, 0.15) is 41.5 Å². The number of fused-ring (bicyclic) bond motifs is 1. The van der Waals surface area contributed by atoms with Crippen LogP contribution in [0.5, 0.6) is 11.5 Å². The molecule has 2 N–H and O–H groups in total. The number of oxazole rings is 1. The van der Waals surface area contributed by atoms with E-state index in [4.69, 9.17) is 30.5 Å². The predicted molar refractivity (Wildman–Crippen MR) is 141 cm³/mol. The van der Waals surface area contributed by atoms with Crippen LogP contribution in [0.25, 0.3) is 22.3 Å². The summed E-state index contributed by atoms with van der Waals surface area (Å²) in [5.41, 5.74) is 1.93. The molecule has 0 saturated carbocycles. The molecule has 1 fully saturated rings. The lowest BCUT2D eigenvalue weighted by atomic mass is 10.0. The molecule has 0 unspecified atom stereocenters. The predicted octanol–water partition coefficient (Wildman–Crippen LogP) is 5.21. The molecule has 9 heteroatoms. The van der Waals surface area contributed by atoms with Crippen molar-refractivity contribution in [1.82, 2.24) is 20.2 Å². The van der Waals surface area contributed by atoms with Gasteiger partial charge in [-0.15, -0.1) is 0 Å². The highest BCUT2D eigenvalue weighted by atomic mass is 35.5. The Bertz CT molecular complexity index is 1160. The van der Waals surface area contributed by atoms with Crippen LogP contribution in [0.4, 0.5) is 6.01 Å². The van der Waals surface area contributed by atoms with E-state index in [1.807, 2.05) is 45.9 Å². The molecule has 3 aromatic rings. The monoisotopic (exact) mass is 501 g/mol. The summed E-state index contributed by atoms with van der Waals surface area (Å²) in [6, 6.07) is 6.37. The summed E-state index contributed by atoms with van der Waals surface area (Å²) in [7, 11) is 0. The van der Waals surface area contributed by atoms with Gasteiger partial charge in [-0.2, -0.15) is 4.98 Å². The number of anilines is 1. The minimum atomic E-state index is -0.0129. The van der Waals surface area contributed by atoms with Crippen molar-refractivity contribution in [2.45, 2.75) is 59.2 Å². The van der Waals surface area contributed by atoms with Gasteiger partial charge in [0, 0.05) is 49.2 Å². The second-order valence-electron chi connectivity index (χ2n) is 10.1. The molecular weight excluding hydrogens is 466 g/mol. The number of hydrogen-bond acceptors (Lipinski definition) is 8. The molecule has 0 spiro atoms. The molecule has 0 amide bonds. The minimum Gasteiger partial charge on any atom is -0.491 e. The zero-order valence-electron chi connectivity index (χ0n) is 21.4. The highest BCUT2D eigenvalue weighted by Gasteiger charge is 2.29. The lowest BCUT2D eigenvalue weighted by molar-refractivity contribution is 0.0744. The van der Waals surface area contributed by atoms with E-state index in [1.165, 1.54) is 0 Å². The lowest BCUT2D eigenvalue weighted by Gasteiger charge is -2.42. The number of halogens is 1. The summed E-state index contributed by atoms with van der Waals surface area (Å²) in [6.45, 7) is 16.8. The van der Waals surface area contributed by atoms with E-state index >= 15 is 0 Å². The van der Waals surface area contributed by atoms with Gasteiger partial charge in [-0.3, -0.25) is 4.90 Å². The third kappa shape index (κ3) is 6.00. The first kappa shape index (κ1) is 25.5. The van der Waals surface area contributed by atoms with Gasteiger partial charge in [0.05, 0.1) is 17.3 Å². The molecule has 4 rings (SSSR count). The van der Waals surface area contributed by atoms with Crippen molar-refractivity contribution >= 4 is 28.5 Å². The molecule has 1 saturated heterocycles. The third-order valence-electron chi connectivity index (χ3n) is 5.98. The molecular formula is C26H36ClN5O3. The fourth-order valence-corrected chi connectivity index (χ4v) is 4.47. The second-order valence-corrected chi connectivity index (χ2v) is 10.5. The molecule has 35 heavy (non-hydrogen) atoms. The molecule has 3 heterocycles. The highest BCUT2D eigenvalue weighted by Crippen LogP contribution is 2.38. The Morgan fingerprint density at radius 2 is 1.97 bits per heavy atom. The number of hydrogen-bond donors (Lipinski definition) is 2. The maximum atomic E-state index is 6.84. The van der Waals surface area contributed by atoms with E-state index in [0.717, 1.165) is 31.6 Å². The first-order chi connectivity index (χ1) is 16.6. The van der Waals surface area contributed by atoms with Crippen molar-refractivity contribution < 1.29 is 13.9 Å². The van der Waals surface area contributed by atoms with Crippen LogP contribution >= 0.6 is 11.6 Å². The average Bonchev–Trinajstić information content (AvgIpc) is 3.24. The van der Waals surface area contributed by atoms with Gasteiger partial charge in [0.25, 0.3) is 6.01 Å². The number of ether oxygens (including phenoxy) is 2. The number of piperazine rings is 1. The fraction of sp³-hybridized carbons (Fsp3) is 0.538. The fourth-order valence-electron chi connectivity index (χ4n) is 4.21. The lowest BCUT2D eigenvalue weighted by Crippen LogP contribution is -2.58. The average molecular weight is 502 g/mol. The molecule has 0 aliphatic carbocycles. The van der Waals surface area contributed by atoms with Crippen molar-refractivity contribution in [3.63, 3.8) is 0 Å². The normalized spacial score (nSPS) is 16.3. The standard InChI is InChI=1S/C26H36ClN5O3/c1-16(2)29-25-31-20(14-34-25)19-13-22(35-17(3)4)18-7-8-21(23(27)24(18)30-19)33-12-11-32-10-9-28-15-26(32,5)6/h7-8,13-14,16-17,28H,9-12,15H2,1-6H3,(H,29,31). The number of nitrogens with one attached hydrogen (secondary N) is 2. The SMILES string of the molecule is CC(C)Nc1nc(-c2cc(OC(C)C)c3ccc(OCCN4CCNCC4(C)C)c(Cl)c3n2)co1. The maximum absolute atomic E-state index is 6.84. The van der Waals surface area contributed by atoms with E-state index in [0.29, 0.717) is 46.0 Å². The molecule has 1 aromatic carbocycles. The Balaban J connectivity index is 1.62. The van der Waals surface area contributed by atoms with Crippen LogP contribution in [-0.4, -0.2) is 65.3 Å². The van der Waals surface area contributed by atoms with Gasteiger partial charge in [-0.05, 0) is 53.7 Å². The molecule has 1 aliphatic heterocycles. The zero-order chi connectivity index (χ0) is 25.2. The Morgan fingerprint density at radius 1 is 1.17 bits per heavy atom. The Hall–Kier alpha value is -2.55. The number of aromatic nitrogens is 2. The van der Waals surface area contributed by atoms with Crippen LogP contribution in [0.3, 0.4) is 0 Å². The van der Waals surface area contributed by atoms with E-state index in [1.54, 1.807) is 6.26 Å². The van der Waals surface area contributed by atoms with Crippen LogP contribution in [-0.2, 0) is 0 Å². The Kier molecular flexibility index (Phi) is 7.73. The maximum Gasteiger partial charge on any atom is 0.295 e. The summed E-state index contributed by atoms with van der Waals surface area (Å²) < 4.78 is 17.8. The number of benzene rings is 1. The molecule has 1 aliphatic rings. The Morgan fingerprint density at radius 3 is 2.69 bits per heavy atom. The van der Waals surface area contributed by atoms with Gasteiger partial charge in [0.2, 0.25) is 0 Å². The van der Waals surface area contributed by atoms with E-state index < -0.39 is 0 Å². The van der Waals surface area contributed by atoms with Crippen molar-refractivity contribution in [2.24, 2.45) is 0 Å². The summed E-state index contributed by atoms with van der Waals surface area (Å²) in [4.78, 5) is 11.8. The summed E-state index contributed by atoms with van der Waals surface area (Å²) in [6.07, 6.45) is 1.57. The van der Waals surface area contributed by atoms with E-state index in [-0.39, 0.29) is 17.7 Å². The first-order valence-electron chi connectivity index (χ1n) is 12.2. The molecule has 8 nitrogen and oxygen atoms in total. The number of nitrogens with zero attached hydrogens (tertiary/aromatic N) is 3. The smallest absolute Gasteiger partial charge is 0.295 e. The largest absolute Gasteiger partial charge is 0.491 e. The van der Waals surface area contributed by atoms with Gasteiger partial charge < -0.3 is 24.5 Å². The zero-order valence-corrected chi connectivity index (χ0v) is 22.2. The minimum absolute atomic E-state index is 0.0129. The molecule has 0 bridgehead atoms. The van der Waals surface area contributed by atoms with Crippen LogP contribution in [0, 0.1) is 0 Å². The summed E-state index contributed by atoms with van der Waals surface area (Å²) in [5, 5.41) is 7.90. The van der Waals surface area contributed by atoms with E-state index in [2.05, 4.69) is 34.4 Å². The quantitative estimate of drug-likeness (QED) is 0.413. The van der Waals surface area contributed by atoms with Gasteiger partial charge in [-0.1, -0.05) is 11.6 Å². The highest BCUT2D eigenvalue weighted by molar-refractivity contribution is 6.36. The summed E-state index contributed by atoms with van der Waals surface area (Å²) in [5.74, 6) is 1.30. The van der Waals surface area contributed by atoms with Crippen molar-refractivity contribution in [3.8, 4) is 22.9 Å². The van der Waals surface area contributed by atoms with Crippen molar-refractivity contribution in [1.29, 1.82) is 0 Å². The second kappa shape index (κ2) is 10.6. The van der Waals surface area contributed by atoms with Crippen LogP contribution in [0.2, 0.25) is 5.02 Å². The van der Waals surface area contributed by atoms with Crippen molar-refractivity contribution in [2.75, 3.05) is 38.1 Å². The van der Waals surface area contributed by atoms with Gasteiger partial charge >= 0.3 is 0 Å².